The molecule has 0 saturated heterocycles. The highest BCUT2D eigenvalue weighted by Gasteiger charge is 2.24. The van der Waals surface area contributed by atoms with Crippen LogP contribution in [0.25, 0.3) is 5.69 Å². The Hall–Kier alpha value is -2.92. The number of aromatic nitrogens is 4. The van der Waals surface area contributed by atoms with E-state index < -0.39 is 23.7 Å². The number of carbonyl (C=O) groups excluding carboxylic acids is 3. The summed E-state index contributed by atoms with van der Waals surface area (Å²) in [5, 5.41) is 10.1. The Morgan fingerprint density at radius 1 is 1.25 bits per heavy atom. The zero-order valence-corrected chi connectivity index (χ0v) is 19.3. The normalized spacial score (nSPS) is 11.8. The minimum absolute atomic E-state index is 0.00269. The quantitative estimate of drug-likeness (QED) is 0.307. The van der Waals surface area contributed by atoms with Crippen LogP contribution < -0.4 is 11.0 Å². The van der Waals surface area contributed by atoms with Crippen LogP contribution >= 0.6 is 23.2 Å². The number of halogens is 2. The smallest absolute Gasteiger partial charge is 0.377 e. The van der Waals surface area contributed by atoms with E-state index >= 15 is 0 Å². The molecule has 0 unspecified atom stereocenters. The van der Waals surface area contributed by atoms with E-state index in [1.54, 1.807) is 13.0 Å². The number of rotatable bonds is 10. The summed E-state index contributed by atoms with van der Waals surface area (Å²) in [7, 11) is 0. The van der Waals surface area contributed by atoms with Crippen molar-refractivity contribution < 1.29 is 19.1 Å². The Morgan fingerprint density at radius 3 is 2.47 bits per heavy atom. The van der Waals surface area contributed by atoms with Crippen LogP contribution in [-0.2, 0) is 14.3 Å². The molecule has 0 aliphatic heterocycles. The zero-order valence-electron chi connectivity index (χ0n) is 17.8. The Labute approximate surface area is 194 Å². The molecule has 11 nitrogen and oxygen atoms in total. The van der Waals surface area contributed by atoms with E-state index in [-0.39, 0.29) is 41.3 Å². The fraction of sp³-hybridized carbons (Fsp3) is 0.474. The van der Waals surface area contributed by atoms with E-state index in [9.17, 15) is 19.2 Å². The first-order valence-electron chi connectivity index (χ1n) is 9.86. The van der Waals surface area contributed by atoms with Crippen molar-refractivity contribution >= 4 is 41.6 Å². The molecule has 0 aliphatic rings. The van der Waals surface area contributed by atoms with Gasteiger partial charge in [0.05, 0.1) is 16.6 Å². The molecular weight excluding hydrogens is 463 g/mol. The highest BCUT2D eigenvalue weighted by molar-refractivity contribution is 6.37. The lowest BCUT2D eigenvalue weighted by Crippen LogP contribution is -2.43. The summed E-state index contributed by atoms with van der Waals surface area (Å²) in [6, 6.07) is 3.11. The van der Waals surface area contributed by atoms with E-state index in [1.165, 1.54) is 17.0 Å². The van der Waals surface area contributed by atoms with Gasteiger partial charge in [-0.15, -0.1) is 4.68 Å². The molecule has 1 N–H and O–H groups in total. The van der Waals surface area contributed by atoms with Gasteiger partial charge in [0.2, 0.25) is 6.41 Å². The van der Waals surface area contributed by atoms with Crippen LogP contribution in [-0.4, -0.2) is 68.8 Å². The lowest BCUT2D eigenvalue weighted by Gasteiger charge is -2.21. The molecular formula is C19H24Cl2N6O5. The van der Waals surface area contributed by atoms with Gasteiger partial charge in [-0.3, -0.25) is 4.79 Å². The average molecular weight is 487 g/mol. The average Bonchev–Trinajstić information content (AvgIpc) is 3.11. The van der Waals surface area contributed by atoms with Crippen LogP contribution in [0.4, 0.5) is 4.79 Å². The first kappa shape index (κ1) is 25.3. The Balaban J connectivity index is 2.09. The minimum Gasteiger partial charge on any atom is -0.462 e. The molecule has 32 heavy (non-hydrogen) atoms. The molecule has 0 aliphatic carbocycles. The summed E-state index contributed by atoms with van der Waals surface area (Å²) in [5.41, 5.74) is -0.747. The highest BCUT2D eigenvalue weighted by Crippen LogP contribution is 2.26. The maximum Gasteiger partial charge on any atom is 0.377 e. The summed E-state index contributed by atoms with van der Waals surface area (Å²) in [6.07, 6.45) is 0.855. The molecule has 1 aromatic carbocycles. The van der Waals surface area contributed by atoms with E-state index in [0.29, 0.717) is 17.5 Å². The van der Waals surface area contributed by atoms with Crippen LogP contribution in [0.2, 0.25) is 10.0 Å². The summed E-state index contributed by atoms with van der Waals surface area (Å²) < 4.78 is 6.60. The van der Waals surface area contributed by atoms with Crippen LogP contribution in [0, 0.1) is 5.92 Å². The van der Waals surface area contributed by atoms with Crippen molar-refractivity contribution in [3.05, 3.63) is 38.7 Å². The van der Waals surface area contributed by atoms with Gasteiger partial charge in [0.1, 0.15) is 18.3 Å². The number of amides is 2. The summed E-state index contributed by atoms with van der Waals surface area (Å²) in [5.74, 6) is -0.444. The SMILES string of the molecule is CCN(CCOC(=O)[C@H](CC(C)C)NC=O)C(=O)n1nnn(-c2c(Cl)cccc2Cl)c1=O. The number of tetrazole rings is 1. The third kappa shape index (κ3) is 6.07. The number of ether oxygens (including phenoxy) is 1. The number of benzene rings is 1. The molecule has 0 fully saturated rings. The summed E-state index contributed by atoms with van der Waals surface area (Å²) in [4.78, 5) is 49.6. The van der Waals surface area contributed by atoms with E-state index in [4.69, 9.17) is 27.9 Å². The van der Waals surface area contributed by atoms with Crippen molar-refractivity contribution in [3.63, 3.8) is 0 Å². The van der Waals surface area contributed by atoms with Gasteiger partial charge < -0.3 is 15.0 Å². The highest BCUT2D eigenvalue weighted by atomic mass is 35.5. The summed E-state index contributed by atoms with van der Waals surface area (Å²) >= 11 is 12.2. The number of para-hydroxylation sites is 1. The van der Waals surface area contributed by atoms with Crippen molar-refractivity contribution in [3.8, 4) is 5.69 Å². The van der Waals surface area contributed by atoms with Gasteiger partial charge in [0, 0.05) is 6.54 Å². The molecule has 0 radical (unpaired) electrons. The number of hydrogen-bond acceptors (Lipinski definition) is 7. The first-order chi connectivity index (χ1) is 15.2. The van der Waals surface area contributed by atoms with Crippen molar-refractivity contribution in [2.24, 2.45) is 5.92 Å². The lowest BCUT2D eigenvalue weighted by molar-refractivity contribution is -0.147. The van der Waals surface area contributed by atoms with E-state index in [0.717, 1.165) is 4.68 Å². The van der Waals surface area contributed by atoms with Gasteiger partial charge in [-0.2, -0.15) is 4.68 Å². The Bertz CT molecular complexity index is 1000. The van der Waals surface area contributed by atoms with E-state index in [1.807, 2.05) is 13.8 Å². The standard InChI is InChI=1S/C19H24Cl2N6O5/c1-4-25(8-9-32-17(29)15(22-11-28)10-12(2)3)18(30)27-19(31)26(23-24-27)16-13(20)6-5-7-14(16)21/h5-7,11-12,15H,4,8-10H2,1-3H3,(H,22,28)/t15-/m0/s1. The third-order valence-corrected chi connectivity index (χ3v) is 5.04. The third-order valence-electron chi connectivity index (χ3n) is 4.43. The molecule has 0 bridgehead atoms. The minimum atomic E-state index is -0.854. The second-order valence-electron chi connectivity index (χ2n) is 7.15. The van der Waals surface area contributed by atoms with Crippen LogP contribution in [0.15, 0.2) is 23.0 Å². The molecule has 1 heterocycles. The van der Waals surface area contributed by atoms with Crippen molar-refractivity contribution in [2.45, 2.75) is 33.2 Å². The van der Waals surface area contributed by atoms with Gasteiger partial charge in [0.15, 0.2) is 0 Å². The molecule has 0 saturated carbocycles. The Kier molecular flexibility index (Phi) is 9.21. The molecule has 1 aromatic heterocycles. The van der Waals surface area contributed by atoms with Gasteiger partial charge >= 0.3 is 17.7 Å². The van der Waals surface area contributed by atoms with Gasteiger partial charge in [-0.05, 0) is 41.8 Å². The number of nitrogens with one attached hydrogen (secondary N) is 1. The molecule has 2 aromatic rings. The predicted molar refractivity (Wildman–Crippen MR) is 117 cm³/mol. The predicted octanol–water partition coefficient (Wildman–Crippen LogP) is 1.73. The van der Waals surface area contributed by atoms with Gasteiger partial charge in [0.25, 0.3) is 0 Å². The summed E-state index contributed by atoms with van der Waals surface area (Å²) in [6.45, 7) is 5.59. The van der Waals surface area contributed by atoms with Gasteiger partial charge in [-0.1, -0.05) is 43.1 Å². The molecule has 13 heteroatoms. The second kappa shape index (κ2) is 11.6. The molecule has 174 valence electrons. The van der Waals surface area contributed by atoms with Gasteiger partial charge in [-0.25, -0.2) is 14.4 Å². The lowest BCUT2D eigenvalue weighted by atomic mass is 10.0. The largest absolute Gasteiger partial charge is 0.462 e. The zero-order chi connectivity index (χ0) is 23.8. The Morgan fingerprint density at radius 2 is 1.91 bits per heavy atom. The number of esters is 1. The molecule has 2 rings (SSSR count). The molecule has 0 spiro atoms. The van der Waals surface area contributed by atoms with Crippen molar-refractivity contribution in [2.75, 3.05) is 19.7 Å². The second-order valence-corrected chi connectivity index (χ2v) is 7.97. The number of hydrogen-bond donors (Lipinski definition) is 1. The van der Waals surface area contributed by atoms with Crippen LogP contribution in [0.3, 0.4) is 0 Å². The fourth-order valence-corrected chi connectivity index (χ4v) is 3.42. The molecule has 2 amide bonds. The topological polar surface area (TPSA) is 128 Å². The van der Waals surface area contributed by atoms with Crippen molar-refractivity contribution in [1.82, 2.24) is 30.0 Å². The fourth-order valence-electron chi connectivity index (χ4n) is 2.86. The monoisotopic (exact) mass is 486 g/mol. The number of likely N-dealkylation sites (N-methyl/N-ethyl adjacent to an activating group) is 1. The van der Waals surface area contributed by atoms with Crippen LogP contribution in [0.1, 0.15) is 27.2 Å². The van der Waals surface area contributed by atoms with Crippen LogP contribution in [0.5, 0.6) is 0 Å². The molecule has 1 atom stereocenters. The number of carbonyl (C=O) groups is 3. The van der Waals surface area contributed by atoms with E-state index in [2.05, 4.69) is 15.7 Å². The maximum atomic E-state index is 12.8. The maximum absolute atomic E-state index is 12.8. The van der Waals surface area contributed by atoms with Crippen molar-refractivity contribution in [1.29, 1.82) is 0 Å². The number of nitrogens with zero attached hydrogens (tertiary/aromatic N) is 5. The first-order valence-corrected chi connectivity index (χ1v) is 10.6.